The van der Waals surface area contributed by atoms with E-state index in [1.54, 1.807) is 0 Å². The first-order valence-corrected chi connectivity index (χ1v) is 9.57. The number of carbonyl (C=O) groups is 1. The number of fused-ring (bicyclic) bond motifs is 9. The van der Waals surface area contributed by atoms with Crippen molar-refractivity contribution in [2.75, 3.05) is 0 Å². The summed E-state index contributed by atoms with van der Waals surface area (Å²) in [6.07, 6.45) is 6.71. The second-order valence-electron chi connectivity index (χ2n) is 8.56. The van der Waals surface area contributed by atoms with E-state index in [-0.39, 0.29) is 5.56 Å². The average Bonchev–Trinajstić information content (AvgIpc) is 3.40. The maximum Gasteiger partial charge on any atom is 0.339 e. The highest BCUT2D eigenvalue weighted by Crippen LogP contribution is 2.71. The Hall–Kier alpha value is -2.51. The molecule has 4 bridgehead atoms. The Kier molecular flexibility index (Phi) is 3.39. The zero-order chi connectivity index (χ0) is 18.9. The molecule has 1 aromatic rings. The summed E-state index contributed by atoms with van der Waals surface area (Å²) in [5.74, 6) is 1.68. The molecule has 1 aromatic carbocycles. The zero-order valence-electron chi connectivity index (χ0n) is 14.7. The van der Waals surface area contributed by atoms with Crippen LogP contribution in [0.25, 0.3) is 0 Å². The van der Waals surface area contributed by atoms with Crippen molar-refractivity contribution in [3.63, 3.8) is 0 Å². The molecule has 4 aliphatic rings. The van der Waals surface area contributed by atoms with Crippen LogP contribution in [0, 0.1) is 49.8 Å². The number of carbonyl (C=O) groups excluding carboxylic acids is 1. The molecule has 0 saturated heterocycles. The standard InChI is InChI=1S/C19H20N2O6/c22-18(12-7-15(20(23)24)9-16(8-12)21(25)26)27-19-13-3-1-10(5-13)17(19)11-2-4-14(19)6-11/h7-11,13-14,17H,1-6H2. The smallest absolute Gasteiger partial charge is 0.339 e. The van der Waals surface area contributed by atoms with Crippen LogP contribution in [-0.2, 0) is 4.74 Å². The second kappa shape index (κ2) is 5.50. The number of esters is 1. The first-order valence-electron chi connectivity index (χ1n) is 9.57. The van der Waals surface area contributed by atoms with Gasteiger partial charge < -0.3 is 4.74 Å². The summed E-state index contributed by atoms with van der Waals surface area (Å²) in [6, 6.07) is 3.04. The predicted molar refractivity (Wildman–Crippen MR) is 93.0 cm³/mol. The van der Waals surface area contributed by atoms with Crippen molar-refractivity contribution < 1.29 is 19.4 Å². The quantitative estimate of drug-likeness (QED) is 0.343. The van der Waals surface area contributed by atoms with E-state index >= 15 is 0 Å². The predicted octanol–water partition coefficient (Wildman–Crippen LogP) is 3.87. The van der Waals surface area contributed by atoms with Gasteiger partial charge in [-0.05, 0) is 62.2 Å². The molecule has 0 radical (unpaired) electrons. The number of hydrogen-bond donors (Lipinski definition) is 0. The van der Waals surface area contributed by atoms with Gasteiger partial charge in [0, 0.05) is 18.1 Å². The van der Waals surface area contributed by atoms with E-state index in [1.807, 2.05) is 0 Å². The fraction of sp³-hybridized carbons (Fsp3) is 0.632. The normalized spacial score (nSPS) is 38.0. The lowest BCUT2D eigenvalue weighted by Gasteiger charge is -2.46. The average molecular weight is 372 g/mol. The molecule has 0 heterocycles. The van der Waals surface area contributed by atoms with Gasteiger partial charge in [-0.25, -0.2) is 4.79 Å². The Labute approximate surface area is 155 Å². The summed E-state index contributed by atoms with van der Waals surface area (Å²) in [5.41, 5.74) is -1.49. The van der Waals surface area contributed by atoms with Crippen molar-refractivity contribution in [1.82, 2.24) is 0 Å². The third-order valence-electron chi connectivity index (χ3n) is 7.59. The van der Waals surface area contributed by atoms with E-state index < -0.39 is 32.8 Å². The van der Waals surface area contributed by atoms with E-state index in [1.165, 1.54) is 12.8 Å². The molecular weight excluding hydrogens is 352 g/mol. The molecule has 142 valence electrons. The molecule has 4 aliphatic carbocycles. The molecule has 4 atom stereocenters. The van der Waals surface area contributed by atoms with Crippen molar-refractivity contribution in [2.45, 2.75) is 44.1 Å². The largest absolute Gasteiger partial charge is 0.455 e. The number of rotatable bonds is 4. The van der Waals surface area contributed by atoms with E-state index in [2.05, 4.69) is 0 Å². The highest BCUT2D eigenvalue weighted by molar-refractivity contribution is 5.91. The Morgan fingerprint density at radius 2 is 1.44 bits per heavy atom. The van der Waals surface area contributed by atoms with Crippen molar-refractivity contribution in [3.8, 4) is 0 Å². The van der Waals surface area contributed by atoms with Crippen LogP contribution in [0.15, 0.2) is 18.2 Å². The van der Waals surface area contributed by atoms with Gasteiger partial charge in [0.05, 0.1) is 21.5 Å². The molecule has 0 N–H and O–H groups in total. The van der Waals surface area contributed by atoms with Crippen molar-refractivity contribution in [1.29, 1.82) is 0 Å². The van der Waals surface area contributed by atoms with Gasteiger partial charge in [0.2, 0.25) is 0 Å². The molecule has 8 heteroatoms. The summed E-state index contributed by atoms with van der Waals surface area (Å²) in [7, 11) is 0. The first-order chi connectivity index (χ1) is 12.9. The lowest BCUT2D eigenvalue weighted by atomic mass is 9.67. The van der Waals surface area contributed by atoms with Crippen LogP contribution < -0.4 is 0 Å². The monoisotopic (exact) mass is 372 g/mol. The Balaban J connectivity index is 1.50. The van der Waals surface area contributed by atoms with Crippen LogP contribution in [-0.4, -0.2) is 21.4 Å². The van der Waals surface area contributed by atoms with Gasteiger partial charge in [-0.1, -0.05) is 0 Å². The molecule has 4 saturated carbocycles. The summed E-state index contributed by atoms with van der Waals surface area (Å²) in [4.78, 5) is 33.8. The van der Waals surface area contributed by atoms with Crippen LogP contribution in [0.1, 0.15) is 48.9 Å². The molecule has 0 aromatic heterocycles. The molecule has 0 aliphatic heterocycles. The van der Waals surface area contributed by atoms with Crippen LogP contribution >= 0.6 is 0 Å². The molecular formula is C19H20N2O6. The van der Waals surface area contributed by atoms with Crippen molar-refractivity contribution in [2.24, 2.45) is 29.6 Å². The van der Waals surface area contributed by atoms with E-state index in [0.717, 1.165) is 43.9 Å². The molecule has 0 spiro atoms. The lowest BCUT2D eigenvalue weighted by Crippen LogP contribution is -2.51. The Morgan fingerprint density at radius 3 is 1.93 bits per heavy atom. The van der Waals surface area contributed by atoms with Gasteiger partial charge in [-0.2, -0.15) is 0 Å². The van der Waals surface area contributed by atoms with E-state index in [0.29, 0.717) is 29.6 Å². The maximum absolute atomic E-state index is 13.0. The number of ether oxygens (including phenoxy) is 1. The van der Waals surface area contributed by atoms with Crippen LogP contribution in [0.3, 0.4) is 0 Å². The van der Waals surface area contributed by atoms with Crippen molar-refractivity contribution >= 4 is 17.3 Å². The maximum atomic E-state index is 13.0. The van der Waals surface area contributed by atoms with Gasteiger partial charge in [0.25, 0.3) is 11.4 Å². The minimum absolute atomic E-state index is 0.102. The number of non-ortho nitro benzene ring substituents is 2. The van der Waals surface area contributed by atoms with Crippen LogP contribution in [0.2, 0.25) is 0 Å². The highest BCUT2D eigenvalue weighted by atomic mass is 16.6. The molecule has 8 nitrogen and oxygen atoms in total. The number of nitro groups is 2. The summed E-state index contributed by atoms with van der Waals surface area (Å²) in [5, 5.41) is 22.2. The van der Waals surface area contributed by atoms with E-state index in [4.69, 9.17) is 4.74 Å². The third-order valence-corrected chi connectivity index (χ3v) is 7.59. The topological polar surface area (TPSA) is 113 Å². The molecule has 5 rings (SSSR count). The fourth-order valence-electron chi connectivity index (χ4n) is 6.88. The molecule has 4 unspecified atom stereocenters. The number of nitro benzene ring substituents is 2. The fourth-order valence-corrected chi connectivity index (χ4v) is 6.88. The Morgan fingerprint density at radius 1 is 0.926 bits per heavy atom. The zero-order valence-corrected chi connectivity index (χ0v) is 14.7. The number of hydrogen-bond acceptors (Lipinski definition) is 6. The van der Waals surface area contributed by atoms with Gasteiger partial charge in [-0.15, -0.1) is 0 Å². The second-order valence-corrected chi connectivity index (χ2v) is 8.56. The van der Waals surface area contributed by atoms with E-state index in [9.17, 15) is 25.0 Å². The summed E-state index contributed by atoms with van der Waals surface area (Å²) >= 11 is 0. The first kappa shape index (κ1) is 16.6. The van der Waals surface area contributed by atoms with Crippen LogP contribution in [0.4, 0.5) is 11.4 Å². The molecule has 27 heavy (non-hydrogen) atoms. The van der Waals surface area contributed by atoms with Gasteiger partial charge in [-0.3, -0.25) is 20.2 Å². The number of benzene rings is 1. The van der Waals surface area contributed by atoms with Crippen molar-refractivity contribution in [3.05, 3.63) is 44.0 Å². The molecule has 0 amide bonds. The highest BCUT2D eigenvalue weighted by Gasteiger charge is 2.71. The molecule has 4 fully saturated rings. The minimum atomic E-state index is -0.722. The van der Waals surface area contributed by atoms with Gasteiger partial charge in [0.1, 0.15) is 5.60 Å². The van der Waals surface area contributed by atoms with Gasteiger partial charge in [0.15, 0.2) is 0 Å². The Bertz CT molecular complexity index is 814. The number of nitrogens with zero attached hydrogens (tertiary/aromatic N) is 2. The van der Waals surface area contributed by atoms with Crippen LogP contribution in [0.5, 0.6) is 0 Å². The third kappa shape index (κ3) is 2.18. The summed E-state index contributed by atoms with van der Waals surface area (Å²) < 4.78 is 6.16. The SMILES string of the molecule is O=C(OC12C3CCC(C3)C1C1CCC2C1)c1cc([N+](=O)[O-])cc([N+](=O)[O-])c1. The lowest BCUT2D eigenvalue weighted by molar-refractivity contribution is -0.394. The van der Waals surface area contributed by atoms with Gasteiger partial charge >= 0.3 is 5.97 Å². The summed E-state index contributed by atoms with van der Waals surface area (Å²) in [6.45, 7) is 0. The minimum Gasteiger partial charge on any atom is -0.455 e.